The number of nitrogens with zero attached hydrogens (tertiary/aromatic N) is 5. The van der Waals surface area contributed by atoms with Gasteiger partial charge in [-0.3, -0.25) is 10.4 Å². The van der Waals surface area contributed by atoms with Gasteiger partial charge in [0.05, 0.1) is 10.9 Å². The molecule has 7 nitrogen and oxygen atoms in total. The number of pyridine rings is 1. The predicted octanol–water partition coefficient (Wildman–Crippen LogP) is 1.16. The number of alkyl halides is 1. The van der Waals surface area contributed by atoms with E-state index in [2.05, 4.69) is 47.1 Å². The molecule has 1 aliphatic rings. The van der Waals surface area contributed by atoms with E-state index in [-0.39, 0.29) is 6.04 Å². The Kier molecular flexibility index (Phi) is 2.99. The molecule has 3 aromatic rings. The topological polar surface area (TPSA) is 80.0 Å². The quantitative estimate of drug-likeness (QED) is 0.674. The van der Waals surface area contributed by atoms with E-state index in [1.54, 1.807) is 16.9 Å². The van der Waals surface area contributed by atoms with Gasteiger partial charge in [0.1, 0.15) is 5.01 Å². The minimum atomic E-state index is 0.142. The molecule has 1 aliphatic heterocycles. The lowest BCUT2D eigenvalue weighted by Gasteiger charge is -2.07. The maximum Gasteiger partial charge on any atom is 0.235 e. The van der Waals surface area contributed by atoms with Crippen LogP contribution in [-0.2, 0) is 0 Å². The number of nitrogens with one attached hydrogen (secondary N) is 2. The third-order valence-electron chi connectivity index (χ3n) is 3.11. The minimum Gasteiger partial charge on any atom is -0.264 e. The molecule has 0 amide bonds. The summed E-state index contributed by atoms with van der Waals surface area (Å²) in [6.07, 6.45) is 3.50. The normalized spacial score (nSPS) is 22.6. The molecule has 2 N–H and O–H groups in total. The molecule has 20 heavy (non-hydrogen) atoms. The van der Waals surface area contributed by atoms with Gasteiger partial charge in [-0.15, -0.1) is 10.2 Å². The van der Waals surface area contributed by atoms with E-state index in [1.165, 1.54) is 11.3 Å². The summed E-state index contributed by atoms with van der Waals surface area (Å²) in [7, 11) is 0. The van der Waals surface area contributed by atoms with Gasteiger partial charge < -0.3 is 0 Å². The standard InChI is InChI=1S/C11H10BrN7S/c12-7-5-14-15-8(7)10-18-19-9(16-17-11(19)20-10)6-2-1-3-13-4-6/h1-4,7-8,14-15H,5H2. The highest BCUT2D eigenvalue weighted by atomic mass is 79.9. The van der Waals surface area contributed by atoms with Crippen molar-refractivity contribution in [3.63, 3.8) is 0 Å². The Morgan fingerprint density at radius 2 is 2.35 bits per heavy atom. The minimum absolute atomic E-state index is 0.142. The molecule has 0 radical (unpaired) electrons. The fraction of sp³-hybridized carbons (Fsp3) is 0.273. The van der Waals surface area contributed by atoms with Crippen molar-refractivity contribution >= 4 is 32.2 Å². The first-order valence-electron chi connectivity index (χ1n) is 6.08. The summed E-state index contributed by atoms with van der Waals surface area (Å²) in [5, 5.41) is 14.0. The molecule has 2 atom stereocenters. The fourth-order valence-corrected chi connectivity index (χ4v) is 3.80. The van der Waals surface area contributed by atoms with Crippen molar-refractivity contribution in [1.82, 2.24) is 35.6 Å². The van der Waals surface area contributed by atoms with Crippen molar-refractivity contribution in [3.05, 3.63) is 29.5 Å². The molecule has 9 heteroatoms. The first kappa shape index (κ1) is 12.3. The highest BCUT2D eigenvalue weighted by molar-refractivity contribution is 9.09. The Hall–Kier alpha value is -1.42. The predicted molar refractivity (Wildman–Crippen MR) is 78.5 cm³/mol. The molecule has 102 valence electrons. The highest BCUT2D eigenvalue weighted by Crippen LogP contribution is 2.29. The number of halogens is 1. The van der Waals surface area contributed by atoms with Crippen molar-refractivity contribution in [2.75, 3.05) is 6.54 Å². The molecule has 0 bridgehead atoms. The summed E-state index contributed by atoms with van der Waals surface area (Å²) in [6.45, 7) is 0.861. The maximum atomic E-state index is 4.63. The number of rotatable bonds is 2. The van der Waals surface area contributed by atoms with Crippen molar-refractivity contribution in [3.8, 4) is 11.4 Å². The molecule has 0 saturated carbocycles. The largest absolute Gasteiger partial charge is 0.264 e. The Bertz CT molecular complexity index is 740. The van der Waals surface area contributed by atoms with Gasteiger partial charge in [-0.2, -0.15) is 9.61 Å². The van der Waals surface area contributed by atoms with Crippen LogP contribution in [0, 0.1) is 0 Å². The molecular weight excluding hydrogens is 342 g/mol. The van der Waals surface area contributed by atoms with Crippen LogP contribution < -0.4 is 10.9 Å². The Morgan fingerprint density at radius 3 is 3.10 bits per heavy atom. The van der Waals surface area contributed by atoms with Crippen LogP contribution in [0.25, 0.3) is 16.3 Å². The first-order valence-corrected chi connectivity index (χ1v) is 7.81. The second-order valence-corrected chi connectivity index (χ2v) is 6.58. The number of fused-ring (bicyclic) bond motifs is 1. The van der Waals surface area contributed by atoms with Crippen LogP contribution in [-0.4, -0.2) is 36.2 Å². The number of hydrogen-bond donors (Lipinski definition) is 2. The second-order valence-electron chi connectivity index (χ2n) is 4.42. The van der Waals surface area contributed by atoms with E-state index in [4.69, 9.17) is 0 Å². The van der Waals surface area contributed by atoms with Crippen LogP contribution in [0.4, 0.5) is 0 Å². The van der Waals surface area contributed by atoms with E-state index in [1.807, 2.05) is 12.1 Å². The summed E-state index contributed by atoms with van der Waals surface area (Å²) in [4.78, 5) is 5.21. The monoisotopic (exact) mass is 351 g/mol. The van der Waals surface area contributed by atoms with Gasteiger partial charge in [-0.05, 0) is 12.1 Å². The van der Waals surface area contributed by atoms with Gasteiger partial charge >= 0.3 is 0 Å². The van der Waals surface area contributed by atoms with Gasteiger partial charge in [0, 0.05) is 24.5 Å². The Labute approximate surface area is 126 Å². The lowest BCUT2D eigenvalue weighted by molar-refractivity contribution is 0.576. The van der Waals surface area contributed by atoms with Crippen LogP contribution in [0.3, 0.4) is 0 Å². The van der Waals surface area contributed by atoms with Crippen molar-refractivity contribution in [2.24, 2.45) is 0 Å². The third kappa shape index (κ3) is 1.94. The van der Waals surface area contributed by atoms with Crippen LogP contribution in [0.2, 0.25) is 0 Å². The molecular formula is C11H10BrN7S. The average molecular weight is 352 g/mol. The van der Waals surface area contributed by atoms with Crippen LogP contribution in [0.5, 0.6) is 0 Å². The van der Waals surface area contributed by atoms with Gasteiger partial charge in [0.2, 0.25) is 4.96 Å². The van der Waals surface area contributed by atoms with Crippen molar-refractivity contribution < 1.29 is 0 Å². The number of hydrogen-bond acceptors (Lipinski definition) is 7. The van der Waals surface area contributed by atoms with E-state index >= 15 is 0 Å². The molecule has 2 unspecified atom stereocenters. The average Bonchev–Trinajstić information content (AvgIpc) is 3.13. The van der Waals surface area contributed by atoms with E-state index < -0.39 is 0 Å². The number of aromatic nitrogens is 5. The summed E-state index contributed by atoms with van der Waals surface area (Å²) in [5.74, 6) is 0.715. The Morgan fingerprint density at radius 1 is 1.40 bits per heavy atom. The highest BCUT2D eigenvalue weighted by Gasteiger charge is 2.29. The van der Waals surface area contributed by atoms with Gasteiger partial charge in [0.15, 0.2) is 5.82 Å². The van der Waals surface area contributed by atoms with Crippen molar-refractivity contribution in [1.29, 1.82) is 0 Å². The Balaban J connectivity index is 1.79. The van der Waals surface area contributed by atoms with E-state index in [0.29, 0.717) is 10.7 Å². The molecule has 0 aromatic carbocycles. The van der Waals surface area contributed by atoms with Crippen LogP contribution in [0.15, 0.2) is 24.5 Å². The third-order valence-corrected chi connectivity index (χ3v) is 4.94. The molecule has 4 heterocycles. The van der Waals surface area contributed by atoms with Crippen LogP contribution >= 0.6 is 27.3 Å². The summed E-state index contributed by atoms with van der Waals surface area (Å²) in [5.41, 5.74) is 7.23. The van der Waals surface area contributed by atoms with E-state index in [0.717, 1.165) is 22.1 Å². The summed E-state index contributed by atoms with van der Waals surface area (Å²) >= 11 is 5.18. The summed E-state index contributed by atoms with van der Waals surface area (Å²) < 4.78 is 1.77. The van der Waals surface area contributed by atoms with Crippen molar-refractivity contribution in [2.45, 2.75) is 10.9 Å². The molecule has 1 fully saturated rings. The maximum absolute atomic E-state index is 4.63. The zero-order valence-corrected chi connectivity index (χ0v) is 12.6. The van der Waals surface area contributed by atoms with Gasteiger partial charge in [-0.25, -0.2) is 5.43 Å². The molecule has 1 saturated heterocycles. The molecule has 0 aliphatic carbocycles. The SMILES string of the molecule is BrC1CNNC1c1nn2c(-c3cccnc3)nnc2s1. The smallest absolute Gasteiger partial charge is 0.235 e. The zero-order chi connectivity index (χ0) is 13.5. The van der Waals surface area contributed by atoms with Gasteiger partial charge in [-0.1, -0.05) is 27.3 Å². The lowest BCUT2D eigenvalue weighted by atomic mass is 10.2. The molecule has 3 aromatic heterocycles. The zero-order valence-electron chi connectivity index (χ0n) is 10.2. The lowest BCUT2D eigenvalue weighted by Crippen LogP contribution is -2.25. The second kappa shape index (κ2) is 4.85. The fourth-order valence-electron chi connectivity index (χ4n) is 2.12. The molecule has 4 rings (SSSR count). The molecule has 0 spiro atoms. The first-order chi connectivity index (χ1) is 9.83. The van der Waals surface area contributed by atoms with Crippen LogP contribution in [0.1, 0.15) is 11.0 Å². The van der Waals surface area contributed by atoms with E-state index in [9.17, 15) is 0 Å². The summed E-state index contributed by atoms with van der Waals surface area (Å²) in [6, 6.07) is 3.97. The van der Waals surface area contributed by atoms with Gasteiger partial charge in [0.25, 0.3) is 0 Å². The number of hydrazine groups is 1.